The van der Waals surface area contributed by atoms with Crippen molar-refractivity contribution in [1.82, 2.24) is 4.31 Å². The number of nitro groups is 1. The van der Waals surface area contributed by atoms with Crippen molar-refractivity contribution in [2.24, 2.45) is 0 Å². The van der Waals surface area contributed by atoms with E-state index in [4.69, 9.17) is 4.74 Å². The van der Waals surface area contributed by atoms with E-state index < -0.39 is 14.9 Å². The van der Waals surface area contributed by atoms with E-state index in [1.54, 1.807) is 12.1 Å². The lowest BCUT2D eigenvalue weighted by Gasteiger charge is -2.17. The average Bonchev–Trinajstić information content (AvgIpc) is 2.68. The fourth-order valence-electron chi connectivity index (χ4n) is 2.40. The monoisotopic (exact) mass is 407 g/mol. The third-order valence-corrected chi connectivity index (χ3v) is 5.88. The van der Waals surface area contributed by atoms with Crippen LogP contribution in [0.15, 0.2) is 53.4 Å². The highest BCUT2D eigenvalue weighted by atomic mass is 32.2. The zero-order valence-corrected chi connectivity index (χ0v) is 16.3. The smallest absolute Gasteiger partial charge is 0.269 e. The Labute approximate surface area is 163 Å². The summed E-state index contributed by atoms with van der Waals surface area (Å²) in [5.41, 5.74) is 0.373. The Morgan fingerprint density at radius 3 is 2.29 bits per heavy atom. The Hall–Kier alpha value is -2.98. The summed E-state index contributed by atoms with van der Waals surface area (Å²) >= 11 is 0. The summed E-state index contributed by atoms with van der Waals surface area (Å²) < 4.78 is 31.2. The van der Waals surface area contributed by atoms with Gasteiger partial charge in [0, 0.05) is 37.8 Å². The van der Waals surface area contributed by atoms with Gasteiger partial charge < -0.3 is 10.1 Å². The summed E-state index contributed by atoms with van der Waals surface area (Å²) in [5.74, 6) is 0.258. The summed E-state index contributed by atoms with van der Waals surface area (Å²) in [6, 6.07) is 11.5. The highest BCUT2D eigenvalue weighted by Gasteiger charge is 2.20. The van der Waals surface area contributed by atoms with Gasteiger partial charge in [0.2, 0.25) is 15.9 Å². The molecule has 0 aliphatic rings. The first-order chi connectivity index (χ1) is 13.2. The number of non-ortho nitro benzene ring substituents is 1. The van der Waals surface area contributed by atoms with Gasteiger partial charge in [-0.25, -0.2) is 12.7 Å². The van der Waals surface area contributed by atoms with Gasteiger partial charge in [-0.2, -0.15) is 0 Å². The molecular formula is C18H21N3O6S. The van der Waals surface area contributed by atoms with Crippen molar-refractivity contribution in [3.8, 4) is 5.75 Å². The molecular weight excluding hydrogens is 386 g/mol. The molecule has 0 radical (unpaired) electrons. The Balaban J connectivity index is 1.85. The van der Waals surface area contributed by atoms with Crippen LogP contribution >= 0.6 is 0 Å². The molecule has 2 aromatic carbocycles. The third-order valence-electron chi connectivity index (χ3n) is 4.01. The number of ether oxygens (including phenoxy) is 1. The number of rotatable bonds is 9. The van der Waals surface area contributed by atoms with Crippen molar-refractivity contribution in [2.75, 3.05) is 26.0 Å². The Morgan fingerprint density at radius 1 is 1.14 bits per heavy atom. The molecule has 150 valence electrons. The number of carbonyl (C=O) groups is 1. The molecule has 0 atom stereocenters. The quantitative estimate of drug-likeness (QED) is 0.504. The van der Waals surface area contributed by atoms with E-state index >= 15 is 0 Å². The van der Waals surface area contributed by atoms with Crippen LogP contribution in [0, 0.1) is 10.1 Å². The van der Waals surface area contributed by atoms with Crippen LogP contribution in [0.5, 0.6) is 5.75 Å². The van der Waals surface area contributed by atoms with Crippen LogP contribution in [0.25, 0.3) is 0 Å². The molecule has 2 rings (SSSR count). The first kappa shape index (κ1) is 21.3. The molecule has 0 saturated carbocycles. The molecule has 2 aromatic rings. The minimum atomic E-state index is -3.65. The highest BCUT2D eigenvalue weighted by Crippen LogP contribution is 2.19. The SMILES string of the molecule is COc1ccc(S(=O)(=O)N(C)CCCC(=O)Nc2ccc([N+](=O)[O-])cc2)cc1. The van der Waals surface area contributed by atoms with Gasteiger partial charge in [0.1, 0.15) is 5.75 Å². The fraction of sp³-hybridized carbons (Fsp3) is 0.278. The second-order valence-corrected chi connectivity index (χ2v) is 8.00. The highest BCUT2D eigenvalue weighted by molar-refractivity contribution is 7.89. The van der Waals surface area contributed by atoms with Crippen LogP contribution in [0.4, 0.5) is 11.4 Å². The van der Waals surface area contributed by atoms with E-state index in [9.17, 15) is 23.3 Å². The van der Waals surface area contributed by atoms with Crippen LogP contribution in [0.2, 0.25) is 0 Å². The molecule has 0 fully saturated rings. The standard InChI is InChI=1S/C18H21N3O6S/c1-20(28(25,26)17-11-9-16(27-2)10-12-17)13-3-4-18(22)19-14-5-7-15(8-6-14)21(23)24/h5-12H,3-4,13H2,1-2H3,(H,19,22). The van der Waals surface area contributed by atoms with E-state index in [2.05, 4.69) is 5.32 Å². The molecule has 0 bridgehead atoms. The van der Waals surface area contributed by atoms with E-state index in [0.717, 1.165) is 0 Å². The molecule has 0 aliphatic heterocycles. The molecule has 0 spiro atoms. The van der Waals surface area contributed by atoms with Gasteiger partial charge in [0.15, 0.2) is 0 Å². The summed E-state index contributed by atoms with van der Waals surface area (Å²) in [7, 11) is -0.702. The van der Waals surface area contributed by atoms with Crippen LogP contribution in [0.3, 0.4) is 0 Å². The van der Waals surface area contributed by atoms with E-state index in [1.165, 1.54) is 54.9 Å². The molecule has 0 saturated heterocycles. The number of methoxy groups -OCH3 is 1. The molecule has 0 heterocycles. The summed E-state index contributed by atoms with van der Waals surface area (Å²) in [5, 5.41) is 13.2. The predicted octanol–water partition coefficient (Wildman–Crippen LogP) is 2.64. The van der Waals surface area contributed by atoms with Gasteiger partial charge in [-0.15, -0.1) is 0 Å². The maximum absolute atomic E-state index is 12.5. The lowest BCUT2D eigenvalue weighted by Crippen LogP contribution is -2.28. The first-order valence-corrected chi connectivity index (χ1v) is 9.83. The predicted molar refractivity (Wildman–Crippen MR) is 104 cm³/mol. The molecule has 0 unspecified atom stereocenters. The average molecular weight is 407 g/mol. The fourth-order valence-corrected chi connectivity index (χ4v) is 3.61. The van der Waals surface area contributed by atoms with Gasteiger partial charge in [-0.3, -0.25) is 14.9 Å². The Bertz CT molecular complexity index is 927. The molecule has 0 aliphatic carbocycles. The van der Waals surface area contributed by atoms with E-state index in [1.807, 2.05) is 0 Å². The minimum absolute atomic E-state index is 0.0663. The number of amides is 1. The number of benzene rings is 2. The van der Waals surface area contributed by atoms with E-state index in [0.29, 0.717) is 17.9 Å². The van der Waals surface area contributed by atoms with Gasteiger partial charge in [0.05, 0.1) is 16.9 Å². The van der Waals surface area contributed by atoms with Gasteiger partial charge in [-0.05, 0) is 42.8 Å². The van der Waals surface area contributed by atoms with Crippen LogP contribution in [-0.2, 0) is 14.8 Å². The zero-order chi connectivity index (χ0) is 20.7. The molecule has 28 heavy (non-hydrogen) atoms. The van der Waals surface area contributed by atoms with Gasteiger partial charge >= 0.3 is 0 Å². The van der Waals surface area contributed by atoms with Gasteiger partial charge in [-0.1, -0.05) is 0 Å². The number of sulfonamides is 1. The zero-order valence-electron chi connectivity index (χ0n) is 15.5. The Kier molecular flexibility index (Phi) is 7.07. The van der Waals surface area contributed by atoms with Crippen LogP contribution < -0.4 is 10.1 Å². The lowest BCUT2D eigenvalue weighted by molar-refractivity contribution is -0.384. The molecule has 1 N–H and O–H groups in total. The first-order valence-electron chi connectivity index (χ1n) is 8.39. The number of nitrogens with one attached hydrogen (secondary N) is 1. The normalized spacial score (nSPS) is 11.2. The molecule has 1 amide bonds. The third kappa shape index (κ3) is 5.51. The number of nitro benzene ring substituents is 1. The summed E-state index contributed by atoms with van der Waals surface area (Å²) in [4.78, 5) is 22.2. The maximum atomic E-state index is 12.5. The number of hydrogen-bond acceptors (Lipinski definition) is 6. The second-order valence-electron chi connectivity index (χ2n) is 5.96. The molecule has 9 nitrogen and oxygen atoms in total. The van der Waals surface area contributed by atoms with Crippen molar-refractivity contribution >= 4 is 27.3 Å². The topological polar surface area (TPSA) is 119 Å². The van der Waals surface area contributed by atoms with Crippen molar-refractivity contribution in [1.29, 1.82) is 0 Å². The Morgan fingerprint density at radius 2 is 1.75 bits per heavy atom. The summed E-state index contributed by atoms with van der Waals surface area (Å²) in [6.07, 6.45) is 0.435. The molecule has 10 heteroatoms. The minimum Gasteiger partial charge on any atom is -0.497 e. The number of hydrogen-bond donors (Lipinski definition) is 1. The largest absolute Gasteiger partial charge is 0.497 e. The lowest BCUT2D eigenvalue weighted by atomic mass is 10.2. The number of nitrogens with zero attached hydrogens (tertiary/aromatic N) is 2. The van der Waals surface area contributed by atoms with Crippen molar-refractivity contribution < 1.29 is 22.9 Å². The number of anilines is 1. The second kappa shape index (κ2) is 9.29. The van der Waals surface area contributed by atoms with Crippen LogP contribution in [-0.4, -0.2) is 44.3 Å². The molecule has 0 aromatic heterocycles. The van der Waals surface area contributed by atoms with Crippen molar-refractivity contribution in [3.05, 3.63) is 58.6 Å². The summed E-state index contributed by atoms with van der Waals surface area (Å²) in [6.45, 7) is 0.169. The van der Waals surface area contributed by atoms with Crippen molar-refractivity contribution in [3.63, 3.8) is 0 Å². The number of carbonyl (C=O) groups excluding carboxylic acids is 1. The maximum Gasteiger partial charge on any atom is 0.269 e. The van der Waals surface area contributed by atoms with Crippen molar-refractivity contribution in [2.45, 2.75) is 17.7 Å². The van der Waals surface area contributed by atoms with E-state index in [-0.39, 0.29) is 29.5 Å². The van der Waals surface area contributed by atoms with Gasteiger partial charge in [0.25, 0.3) is 5.69 Å². The van der Waals surface area contributed by atoms with Crippen LogP contribution in [0.1, 0.15) is 12.8 Å².